The molecule has 13 heteroatoms. The first-order valence-electron chi connectivity index (χ1n) is 13.3. The van der Waals surface area contributed by atoms with Crippen molar-refractivity contribution in [2.75, 3.05) is 64.5 Å². The maximum Gasteiger partial charge on any atom is 0.260 e. The van der Waals surface area contributed by atoms with Crippen molar-refractivity contribution in [1.82, 2.24) is 14.2 Å². The Balaban J connectivity index is 1.58. The highest BCUT2D eigenvalue weighted by Gasteiger charge is 2.26. The van der Waals surface area contributed by atoms with Gasteiger partial charge in [0.25, 0.3) is 5.91 Å². The molecule has 2 heterocycles. The van der Waals surface area contributed by atoms with Gasteiger partial charge in [0, 0.05) is 57.7 Å². The average molecular weight is 597 g/mol. The van der Waals surface area contributed by atoms with Crippen LogP contribution < -0.4 is 9.64 Å². The third-order valence-electron chi connectivity index (χ3n) is 6.71. The highest BCUT2D eigenvalue weighted by atomic mass is 32.2. The van der Waals surface area contributed by atoms with Crippen molar-refractivity contribution in [3.63, 3.8) is 0 Å². The van der Waals surface area contributed by atoms with E-state index in [0.717, 1.165) is 40.6 Å². The molecule has 0 N–H and O–H groups in total. The summed E-state index contributed by atoms with van der Waals surface area (Å²) in [7, 11) is -2.34. The van der Waals surface area contributed by atoms with Gasteiger partial charge in [0.05, 0.1) is 47.6 Å². The van der Waals surface area contributed by atoms with Crippen LogP contribution in [0.25, 0.3) is 10.2 Å². The van der Waals surface area contributed by atoms with Crippen molar-refractivity contribution < 1.29 is 22.7 Å². The van der Waals surface area contributed by atoms with Gasteiger partial charge in [-0.2, -0.15) is 14.8 Å². The number of aromatic nitrogens is 1. The number of hydrogen-bond donors (Lipinski definition) is 0. The van der Waals surface area contributed by atoms with Crippen molar-refractivity contribution >= 4 is 42.6 Å². The lowest BCUT2D eigenvalue weighted by Crippen LogP contribution is -2.39. The van der Waals surface area contributed by atoms with Crippen molar-refractivity contribution in [1.29, 1.82) is 10.5 Å². The Bertz CT molecular complexity index is 1500. The Hall–Kier alpha value is -3.59. The molecule has 0 spiro atoms. The van der Waals surface area contributed by atoms with Crippen molar-refractivity contribution in [3.8, 4) is 17.9 Å². The van der Waals surface area contributed by atoms with Crippen LogP contribution in [0.15, 0.2) is 47.4 Å². The molecule has 1 aliphatic heterocycles. The SMILES string of the molecule is COc1ccc2nc(N(CCCN3CCOCC3)C(=O)c3ccc(S(=O)(=O)N(CCC#N)CCC#N)cc3)sc2c1. The summed E-state index contributed by atoms with van der Waals surface area (Å²) in [5.74, 6) is 0.418. The van der Waals surface area contributed by atoms with Gasteiger partial charge >= 0.3 is 0 Å². The normalized spacial score (nSPS) is 14.0. The number of nitriles is 2. The second kappa shape index (κ2) is 14.3. The fraction of sp³-hybridized carbons (Fsp3) is 0.429. The zero-order valence-corrected chi connectivity index (χ0v) is 24.5. The molecule has 3 aromatic rings. The summed E-state index contributed by atoms with van der Waals surface area (Å²) in [5, 5.41) is 18.4. The van der Waals surface area contributed by atoms with E-state index in [-0.39, 0.29) is 36.7 Å². The topological polar surface area (TPSA) is 140 Å². The molecule has 41 heavy (non-hydrogen) atoms. The number of amides is 1. The Kier molecular flexibility index (Phi) is 10.6. The standard InChI is InChI=1S/C28H32N6O5S2/c1-38-23-7-10-25-26(21-23)40-28(31-25)34(16-4-13-32-17-19-39-20-18-32)27(35)22-5-8-24(9-6-22)41(36,37)33(14-2-11-29)15-3-12-30/h5-10,21H,2-4,13-20H2,1H3. The Morgan fingerprint density at radius 3 is 2.39 bits per heavy atom. The van der Waals surface area contributed by atoms with E-state index in [1.54, 1.807) is 12.0 Å². The molecule has 4 rings (SSSR count). The first kappa shape index (κ1) is 30.4. The summed E-state index contributed by atoms with van der Waals surface area (Å²) in [5.41, 5.74) is 1.08. The lowest BCUT2D eigenvalue weighted by Gasteiger charge is -2.27. The molecule has 1 saturated heterocycles. The number of benzene rings is 2. The number of sulfonamides is 1. The van der Waals surface area contributed by atoms with Gasteiger partial charge in [-0.05, 0) is 48.9 Å². The maximum atomic E-state index is 13.8. The number of methoxy groups -OCH3 is 1. The average Bonchev–Trinajstić information content (AvgIpc) is 3.42. The summed E-state index contributed by atoms with van der Waals surface area (Å²) >= 11 is 1.40. The molecule has 216 valence electrons. The number of ether oxygens (including phenoxy) is 2. The highest BCUT2D eigenvalue weighted by molar-refractivity contribution is 7.89. The number of nitrogens with zero attached hydrogens (tertiary/aromatic N) is 6. The minimum absolute atomic E-state index is 0.00382. The van der Waals surface area contributed by atoms with Crippen LogP contribution in [0.4, 0.5) is 5.13 Å². The van der Waals surface area contributed by atoms with E-state index in [1.165, 1.54) is 35.6 Å². The van der Waals surface area contributed by atoms with Gasteiger partial charge in [-0.15, -0.1) is 0 Å². The second-order valence-corrected chi connectivity index (χ2v) is 12.3. The number of rotatable bonds is 13. The number of morpholine rings is 1. The van der Waals surface area contributed by atoms with E-state index in [2.05, 4.69) is 4.90 Å². The molecule has 0 unspecified atom stereocenters. The van der Waals surface area contributed by atoms with Crippen LogP contribution in [0.5, 0.6) is 5.75 Å². The number of carbonyl (C=O) groups is 1. The summed E-state index contributed by atoms with van der Waals surface area (Å²) < 4.78 is 39.2. The number of thiazole rings is 1. The molecule has 1 fully saturated rings. The van der Waals surface area contributed by atoms with E-state index in [0.29, 0.717) is 36.2 Å². The lowest BCUT2D eigenvalue weighted by molar-refractivity contribution is 0.0376. The van der Waals surface area contributed by atoms with E-state index < -0.39 is 10.0 Å². The molecule has 2 aromatic carbocycles. The molecule has 0 atom stereocenters. The third-order valence-corrected chi connectivity index (χ3v) is 9.66. The van der Waals surface area contributed by atoms with Gasteiger partial charge in [-0.1, -0.05) is 11.3 Å². The van der Waals surface area contributed by atoms with Crippen LogP contribution in [-0.4, -0.2) is 88.1 Å². The summed E-state index contributed by atoms with van der Waals surface area (Å²) in [6, 6.07) is 15.2. The molecule has 0 bridgehead atoms. The molecule has 0 saturated carbocycles. The number of hydrogen-bond acceptors (Lipinski definition) is 10. The quantitative estimate of drug-likeness (QED) is 0.290. The largest absolute Gasteiger partial charge is 0.497 e. The van der Waals surface area contributed by atoms with Crippen LogP contribution in [0.3, 0.4) is 0 Å². The van der Waals surface area contributed by atoms with E-state index in [1.807, 2.05) is 30.3 Å². The van der Waals surface area contributed by atoms with Crippen LogP contribution in [-0.2, 0) is 14.8 Å². The van der Waals surface area contributed by atoms with Crippen LogP contribution >= 0.6 is 11.3 Å². The predicted octanol–water partition coefficient (Wildman–Crippen LogP) is 3.49. The number of fused-ring (bicyclic) bond motifs is 1. The van der Waals surface area contributed by atoms with Crippen molar-refractivity contribution in [2.24, 2.45) is 0 Å². The van der Waals surface area contributed by atoms with E-state index >= 15 is 0 Å². The summed E-state index contributed by atoms with van der Waals surface area (Å²) in [6.07, 6.45) is 0.744. The zero-order valence-electron chi connectivity index (χ0n) is 22.9. The Labute approximate surface area is 244 Å². The molecule has 1 aromatic heterocycles. The monoisotopic (exact) mass is 596 g/mol. The van der Waals surface area contributed by atoms with Gasteiger partial charge in [0.15, 0.2) is 5.13 Å². The number of carbonyl (C=O) groups excluding carboxylic acids is 1. The maximum absolute atomic E-state index is 13.8. The van der Waals surface area contributed by atoms with Crippen molar-refractivity contribution in [3.05, 3.63) is 48.0 Å². The fourth-order valence-corrected chi connectivity index (χ4v) is 6.93. The van der Waals surface area contributed by atoms with Gasteiger partial charge in [-0.25, -0.2) is 13.4 Å². The van der Waals surface area contributed by atoms with E-state index in [9.17, 15) is 13.2 Å². The third kappa shape index (κ3) is 7.58. The van der Waals surface area contributed by atoms with Crippen LogP contribution in [0.2, 0.25) is 0 Å². The summed E-state index contributed by atoms with van der Waals surface area (Å²) in [6.45, 7) is 4.31. The first-order chi connectivity index (χ1) is 19.9. The van der Waals surface area contributed by atoms with Crippen LogP contribution in [0.1, 0.15) is 29.6 Å². The van der Waals surface area contributed by atoms with E-state index in [4.69, 9.17) is 25.0 Å². The molecule has 1 amide bonds. The van der Waals surface area contributed by atoms with Crippen LogP contribution in [0, 0.1) is 22.7 Å². The van der Waals surface area contributed by atoms with Gasteiger partial charge < -0.3 is 9.47 Å². The Morgan fingerprint density at radius 2 is 1.76 bits per heavy atom. The molecular weight excluding hydrogens is 564 g/mol. The second-order valence-electron chi connectivity index (χ2n) is 9.34. The molecule has 1 aliphatic rings. The minimum Gasteiger partial charge on any atom is -0.497 e. The minimum atomic E-state index is -3.94. The van der Waals surface area contributed by atoms with Gasteiger partial charge in [0.1, 0.15) is 5.75 Å². The first-order valence-corrected chi connectivity index (χ1v) is 15.5. The summed E-state index contributed by atoms with van der Waals surface area (Å²) in [4.78, 5) is 22.5. The molecule has 0 radical (unpaired) electrons. The molecular formula is C28H32N6O5S2. The zero-order chi connectivity index (χ0) is 29.2. The van der Waals surface area contributed by atoms with Crippen molar-refractivity contribution in [2.45, 2.75) is 24.2 Å². The smallest absolute Gasteiger partial charge is 0.260 e. The predicted molar refractivity (Wildman–Crippen MR) is 155 cm³/mol. The van der Waals surface area contributed by atoms with Gasteiger partial charge in [-0.3, -0.25) is 14.6 Å². The number of anilines is 1. The fourth-order valence-electron chi connectivity index (χ4n) is 4.47. The van der Waals surface area contributed by atoms with Gasteiger partial charge in [0.2, 0.25) is 10.0 Å². The molecule has 0 aliphatic carbocycles. The Morgan fingerprint density at radius 1 is 1.07 bits per heavy atom. The highest BCUT2D eigenvalue weighted by Crippen LogP contribution is 2.32. The lowest BCUT2D eigenvalue weighted by atomic mass is 10.2. The molecule has 11 nitrogen and oxygen atoms in total.